The molecule has 0 saturated carbocycles. The minimum absolute atomic E-state index is 0.243. The molecule has 0 radical (unpaired) electrons. The van der Waals surface area contributed by atoms with Gasteiger partial charge in [-0.15, -0.1) is 13.2 Å². The van der Waals surface area contributed by atoms with Crippen LogP contribution in [-0.2, 0) is 19.9 Å². The summed E-state index contributed by atoms with van der Waals surface area (Å²) in [5.41, 5.74) is 0.186. The number of urea groups is 1. The molecule has 2 aliphatic rings. The molecule has 186 valence electrons. The number of benzene rings is 2. The number of carbonyl (C=O) groups is 3. The molecule has 2 heterocycles. The number of amides is 4. The van der Waals surface area contributed by atoms with Gasteiger partial charge in [0.2, 0.25) is 5.91 Å². The fourth-order valence-corrected chi connectivity index (χ4v) is 3.95. The van der Waals surface area contributed by atoms with Crippen LogP contribution in [0.1, 0.15) is 12.5 Å². The largest absolute Gasteiger partial charge is 0.573 e. The smallest absolute Gasteiger partial charge is 0.406 e. The van der Waals surface area contributed by atoms with E-state index in [0.29, 0.717) is 18.9 Å². The van der Waals surface area contributed by atoms with Crippen LogP contribution in [0.25, 0.3) is 0 Å². The summed E-state index contributed by atoms with van der Waals surface area (Å²) in [7, 11) is 0. The van der Waals surface area contributed by atoms with E-state index in [1.54, 1.807) is 12.1 Å². The number of nitrogens with one attached hydrogen (secondary N) is 2. The van der Waals surface area contributed by atoms with Crippen LogP contribution in [0.5, 0.6) is 5.75 Å². The molecule has 9 nitrogen and oxygen atoms in total. The summed E-state index contributed by atoms with van der Waals surface area (Å²) in [6, 6.07) is 11.0. The van der Waals surface area contributed by atoms with E-state index in [1.165, 1.54) is 19.1 Å². The summed E-state index contributed by atoms with van der Waals surface area (Å²) in [6.45, 7) is 3.73. The van der Waals surface area contributed by atoms with E-state index in [1.807, 2.05) is 12.1 Å². The summed E-state index contributed by atoms with van der Waals surface area (Å²) >= 11 is 0. The maximum absolute atomic E-state index is 13.0. The molecule has 2 aliphatic heterocycles. The van der Waals surface area contributed by atoms with Gasteiger partial charge in [-0.2, -0.15) is 0 Å². The predicted octanol–water partition coefficient (Wildman–Crippen LogP) is 2.83. The zero-order chi connectivity index (χ0) is 25.2. The van der Waals surface area contributed by atoms with Crippen LogP contribution >= 0.6 is 0 Å². The second kappa shape index (κ2) is 9.45. The summed E-state index contributed by atoms with van der Waals surface area (Å²) < 4.78 is 46.3. The van der Waals surface area contributed by atoms with Crippen molar-refractivity contribution in [2.45, 2.75) is 18.8 Å². The van der Waals surface area contributed by atoms with E-state index in [0.717, 1.165) is 35.8 Å². The average Bonchev–Trinajstić information content (AvgIpc) is 3.03. The molecular formula is C23H23F3N4O5. The quantitative estimate of drug-likeness (QED) is 0.602. The van der Waals surface area contributed by atoms with E-state index in [9.17, 15) is 27.6 Å². The normalized spacial score (nSPS) is 20.6. The molecule has 12 heteroatoms. The number of halogens is 3. The van der Waals surface area contributed by atoms with Crippen molar-refractivity contribution in [1.82, 2.24) is 10.2 Å². The molecule has 1 unspecified atom stereocenters. The summed E-state index contributed by atoms with van der Waals surface area (Å²) in [5, 5.41) is 5.16. The van der Waals surface area contributed by atoms with Gasteiger partial charge >= 0.3 is 12.4 Å². The van der Waals surface area contributed by atoms with Crippen molar-refractivity contribution >= 4 is 29.2 Å². The first kappa shape index (κ1) is 24.3. The van der Waals surface area contributed by atoms with Gasteiger partial charge in [-0.1, -0.05) is 12.1 Å². The zero-order valence-corrected chi connectivity index (χ0v) is 18.7. The monoisotopic (exact) mass is 492 g/mol. The number of alkyl halides is 3. The van der Waals surface area contributed by atoms with Crippen molar-refractivity contribution in [3.8, 4) is 5.75 Å². The second-order valence-corrected chi connectivity index (χ2v) is 8.21. The first-order chi connectivity index (χ1) is 16.5. The topological polar surface area (TPSA) is 100 Å². The van der Waals surface area contributed by atoms with Crippen LogP contribution in [0, 0.1) is 0 Å². The van der Waals surface area contributed by atoms with Crippen molar-refractivity contribution in [3.63, 3.8) is 0 Å². The van der Waals surface area contributed by atoms with Gasteiger partial charge in [-0.05, 0) is 48.9 Å². The number of hydrogen-bond acceptors (Lipinski definition) is 6. The fourth-order valence-electron chi connectivity index (χ4n) is 3.95. The van der Waals surface area contributed by atoms with Crippen molar-refractivity contribution in [3.05, 3.63) is 54.1 Å². The van der Waals surface area contributed by atoms with Gasteiger partial charge < -0.3 is 25.0 Å². The van der Waals surface area contributed by atoms with Crippen molar-refractivity contribution in [2.24, 2.45) is 0 Å². The number of hydrogen-bond donors (Lipinski definition) is 2. The lowest BCUT2D eigenvalue weighted by Gasteiger charge is -2.28. The number of morpholine rings is 1. The standard InChI is InChI=1S/C23H23F3N4O5/c1-22(15-2-8-18(9-3-15)35-23(24,25)26)20(32)30(21(33)28-22)14-19(31)27-16-4-6-17(7-5-16)29-10-12-34-13-11-29/h2-9H,10-14H2,1H3,(H,27,31)(H,28,33). The number of rotatable bonds is 6. The molecule has 2 aromatic rings. The molecule has 2 aromatic carbocycles. The Morgan fingerprint density at radius 3 is 2.31 bits per heavy atom. The third-order valence-electron chi connectivity index (χ3n) is 5.77. The first-order valence-corrected chi connectivity index (χ1v) is 10.8. The Hall–Kier alpha value is -3.80. The van der Waals surface area contributed by atoms with E-state index < -0.39 is 42.0 Å². The molecule has 0 aromatic heterocycles. The van der Waals surface area contributed by atoms with Crippen LogP contribution in [0.15, 0.2) is 48.5 Å². The molecule has 0 spiro atoms. The van der Waals surface area contributed by atoms with Gasteiger partial charge in [0.15, 0.2) is 0 Å². The van der Waals surface area contributed by atoms with Crippen molar-refractivity contribution in [2.75, 3.05) is 43.1 Å². The maximum atomic E-state index is 13.0. The average molecular weight is 492 g/mol. The minimum Gasteiger partial charge on any atom is -0.406 e. The second-order valence-electron chi connectivity index (χ2n) is 8.21. The summed E-state index contributed by atoms with van der Waals surface area (Å²) in [5.74, 6) is -1.74. The van der Waals surface area contributed by atoms with E-state index in [-0.39, 0.29) is 5.56 Å². The van der Waals surface area contributed by atoms with Gasteiger partial charge in [0.05, 0.1) is 13.2 Å². The van der Waals surface area contributed by atoms with Crippen LogP contribution in [0.4, 0.5) is 29.3 Å². The molecule has 2 N–H and O–H groups in total. The molecule has 2 fully saturated rings. The molecule has 0 bridgehead atoms. The van der Waals surface area contributed by atoms with Gasteiger partial charge in [0.25, 0.3) is 5.91 Å². The highest BCUT2D eigenvalue weighted by Gasteiger charge is 2.49. The third kappa shape index (κ3) is 5.48. The van der Waals surface area contributed by atoms with Crippen molar-refractivity contribution in [1.29, 1.82) is 0 Å². The molecule has 1 atom stereocenters. The third-order valence-corrected chi connectivity index (χ3v) is 5.77. The molecule has 4 rings (SSSR count). The predicted molar refractivity (Wildman–Crippen MR) is 119 cm³/mol. The maximum Gasteiger partial charge on any atom is 0.573 e. The van der Waals surface area contributed by atoms with Crippen LogP contribution in [0.3, 0.4) is 0 Å². The summed E-state index contributed by atoms with van der Waals surface area (Å²) in [6.07, 6.45) is -4.85. The highest BCUT2D eigenvalue weighted by molar-refractivity contribution is 6.10. The van der Waals surface area contributed by atoms with E-state index >= 15 is 0 Å². The molecule has 0 aliphatic carbocycles. The molecule has 2 saturated heterocycles. The lowest BCUT2D eigenvalue weighted by molar-refractivity contribution is -0.274. The Balaban J connectivity index is 1.38. The number of imide groups is 1. The number of ether oxygens (including phenoxy) is 2. The minimum atomic E-state index is -4.85. The Morgan fingerprint density at radius 1 is 1.09 bits per heavy atom. The lowest BCUT2D eigenvalue weighted by Crippen LogP contribution is -2.42. The number of nitrogens with zero attached hydrogens (tertiary/aromatic N) is 2. The van der Waals surface area contributed by atoms with Gasteiger partial charge in [0, 0.05) is 24.5 Å². The Labute approximate surface area is 198 Å². The molecule has 4 amide bonds. The first-order valence-electron chi connectivity index (χ1n) is 10.8. The van der Waals surface area contributed by atoms with Crippen LogP contribution in [0.2, 0.25) is 0 Å². The van der Waals surface area contributed by atoms with E-state index in [2.05, 4.69) is 20.3 Å². The van der Waals surface area contributed by atoms with E-state index in [4.69, 9.17) is 4.74 Å². The lowest BCUT2D eigenvalue weighted by atomic mass is 9.92. The molecular weight excluding hydrogens is 469 g/mol. The Kier molecular flexibility index (Phi) is 6.57. The van der Waals surface area contributed by atoms with Crippen molar-refractivity contribution < 1.29 is 37.0 Å². The zero-order valence-electron chi connectivity index (χ0n) is 18.7. The van der Waals surface area contributed by atoms with Gasteiger partial charge in [-0.3, -0.25) is 14.5 Å². The fraction of sp³-hybridized carbons (Fsp3) is 0.348. The summed E-state index contributed by atoms with van der Waals surface area (Å²) in [4.78, 5) is 40.9. The number of anilines is 2. The Bertz CT molecular complexity index is 1100. The van der Waals surface area contributed by atoms with Crippen LogP contribution in [-0.4, -0.2) is 62.0 Å². The number of carbonyl (C=O) groups excluding carboxylic acids is 3. The van der Waals surface area contributed by atoms with Crippen LogP contribution < -0.4 is 20.3 Å². The van der Waals surface area contributed by atoms with Gasteiger partial charge in [-0.25, -0.2) is 4.79 Å². The van der Waals surface area contributed by atoms with Gasteiger partial charge in [0.1, 0.15) is 17.8 Å². The highest BCUT2D eigenvalue weighted by atomic mass is 19.4. The molecule has 35 heavy (non-hydrogen) atoms. The highest BCUT2D eigenvalue weighted by Crippen LogP contribution is 2.31. The SMILES string of the molecule is CC1(c2ccc(OC(F)(F)F)cc2)NC(=O)N(CC(=O)Nc2ccc(N3CCOCC3)cc2)C1=O. The Morgan fingerprint density at radius 2 is 1.71 bits per heavy atom.